The van der Waals surface area contributed by atoms with Gasteiger partial charge in [-0.3, -0.25) is 14.4 Å². The van der Waals surface area contributed by atoms with E-state index in [2.05, 4.69) is 27.7 Å². The highest BCUT2D eigenvalue weighted by Crippen LogP contribution is 2.16. The molecule has 6 heteroatoms. The van der Waals surface area contributed by atoms with Crippen molar-refractivity contribution in [3.05, 3.63) is 0 Å². The van der Waals surface area contributed by atoms with Gasteiger partial charge in [-0.25, -0.2) is 0 Å². The van der Waals surface area contributed by atoms with Gasteiger partial charge in [0, 0.05) is 19.3 Å². The maximum absolute atomic E-state index is 12.5. The van der Waals surface area contributed by atoms with Gasteiger partial charge in [-0.15, -0.1) is 0 Å². The predicted octanol–water partition coefficient (Wildman–Crippen LogP) is 11.2. The topological polar surface area (TPSA) is 78.9 Å². The number of carbonyl (C=O) groups excluding carboxylic acids is 3. The van der Waals surface area contributed by atoms with Crippen molar-refractivity contribution in [2.45, 2.75) is 207 Å². The lowest BCUT2D eigenvalue weighted by Crippen LogP contribution is -2.30. The van der Waals surface area contributed by atoms with Crippen LogP contribution in [0.5, 0.6) is 0 Å². The molecule has 0 amide bonds. The van der Waals surface area contributed by atoms with E-state index in [0.29, 0.717) is 19.3 Å². The highest BCUT2D eigenvalue weighted by Gasteiger charge is 2.19. The normalized spacial score (nSPS) is 12.5. The third-order valence-electron chi connectivity index (χ3n) is 8.65. The highest BCUT2D eigenvalue weighted by atomic mass is 16.6. The summed E-state index contributed by atoms with van der Waals surface area (Å²) in [5.74, 6) is -0.0168. The first-order valence-corrected chi connectivity index (χ1v) is 18.9. The Labute approximate surface area is 272 Å². The van der Waals surface area contributed by atoms with E-state index in [1.165, 1.54) is 89.9 Å². The zero-order valence-electron chi connectivity index (χ0n) is 29.6. The maximum Gasteiger partial charge on any atom is 0.306 e. The molecule has 0 bridgehead atoms. The van der Waals surface area contributed by atoms with E-state index in [1.807, 2.05) is 0 Å². The average Bonchev–Trinajstić information content (AvgIpc) is 3.02. The van der Waals surface area contributed by atoms with Crippen LogP contribution in [0.2, 0.25) is 0 Å². The van der Waals surface area contributed by atoms with E-state index in [-0.39, 0.29) is 31.1 Å². The molecule has 0 aromatic heterocycles. The first-order valence-electron chi connectivity index (χ1n) is 18.9. The first kappa shape index (κ1) is 42.4. The van der Waals surface area contributed by atoms with Crippen LogP contribution in [0.4, 0.5) is 0 Å². The fourth-order valence-electron chi connectivity index (χ4n) is 5.36. The minimum absolute atomic E-state index is 0.0667. The van der Waals surface area contributed by atoms with E-state index >= 15 is 0 Å². The second-order valence-corrected chi connectivity index (χ2v) is 13.1. The van der Waals surface area contributed by atoms with Crippen LogP contribution < -0.4 is 0 Å². The third kappa shape index (κ3) is 30.4. The second kappa shape index (κ2) is 32.8. The summed E-state index contributed by atoms with van der Waals surface area (Å²) in [6.07, 6.45) is 28.3. The molecule has 0 aromatic carbocycles. The molecule has 0 aromatic rings. The molecule has 6 nitrogen and oxygen atoms in total. The van der Waals surface area contributed by atoms with Gasteiger partial charge < -0.3 is 14.2 Å². The number of ether oxygens (including phenoxy) is 3. The highest BCUT2D eigenvalue weighted by molar-refractivity contribution is 5.71. The van der Waals surface area contributed by atoms with Gasteiger partial charge in [-0.2, -0.15) is 0 Å². The maximum atomic E-state index is 12.5. The van der Waals surface area contributed by atoms with E-state index in [0.717, 1.165) is 70.1 Å². The number of carbonyl (C=O) groups is 3. The summed E-state index contributed by atoms with van der Waals surface area (Å²) in [7, 11) is 0. The molecule has 0 saturated heterocycles. The molecule has 2 atom stereocenters. The van der Waals surface area contributed by atoms with Crippen molar-refractivity contribution in [1.29, 1.82) is 0 Å². The van der Waals surface area contributed by atoms with Gasteiger partial charge in [-0.05, 0) is 25.2 Å². The fourth-order valence-corrected chi connectivity index (χ4v) is 5.36. The first-order chi connectivity index (χ1) is 21.4. The summed E-state index contributed by atoms with van der Waals surface area (Å²) >= 11 is 0. The predicted molar refractivity (Wildman–Crippen MR) is 183 cm³/mol. The lowest BCUT2D eigenvalue weighted by Gasteiger charge is -2.18. The molecule has 0 radical (unpaired) electrons. The molecule has 0 saturated carbocycles. The smallest absolute Gasteiger partial charge is 0.306 e. The summed E-state index contributed by atoms with van der Waals surface area (Å²) < 4.78 is 16.4. The lowest BCUT2D eigenvalue weighted by molar-refractivity contribution is -0.167. The van der Waals surface area contributed by atoms with E-state index in [1.54, 1.807) is 0 Å². The Hall–Kier alpha value is -1.59. The van der Waals surface area contributed by atoms with Crippen molar-refractivity contribution in [2.24, 2.45) is 5.92 Å². The van der Waals surface area contributed by atoms with Crippen LogP contribution in [0.15, 0.2) is 0 Å². The Bertz CT molecular complexity index is 664. The standard InChI is InChI=1S/C38H72O6/c1-5-8-10-12-17-23-27-31-38(41)44-35(32-42-36(39)29-25-20-11-9-6-2)33-43-37(40)30-26-22-19-16-14-13-15-18-21-24-28-34(4)7-3/h34-35H,5-33H2,1-4H3/t34?,35-/m1/s1. The van der Waals surface area contributed by atoms with Gasteiger partial charge in [0.2, 0.25) is 0 Å². The Morgan fingerprint density at radius 1 is 0.455 bits per heavy atom. The number of rotatable bonds is 33. The average molecular weight is 625 g/mol. The molecular weight excluding hydrogens is 552 g/mol. The van der Waals surface area contributed by atoms with Gasteiger partial charge in [0.15, 0.2) is 6.10 Å². The van der Waals surface area contributed by atoms with Crippen LogP contribution in [0.3, 0.4) is 0 Å². The van der Waals surface area contributed by atoms with Crippen molar-refractivity contribution in [3.63, 3.8) is 0 Å². The third-order valence-corrected chi connectivity index (χ3v) is 8.65. The molecule has 0 spiro atoms. The molecule has 0 aliphatic heterocycles. The number of esters is 3. The molecule has 0 heterocycles. The molecule has 44 heavy (non-hydrogen) atoms. The van der Waals surface area contributed by atoms with Crippen LogP contribution in [0.1, 0.15) is 201 Å². The Morgan fingerprint density at radius 3 is 1.18 bits per heavy atom. The van der Waals surface area contributed by atoms with E-state index < -0.39 is 6.10 Å². The van der Waals surface area contributed by atoms with Gasteiger partial charge in [-0.1, -0.05) is 163 Å². The minimum Gasteiger partial charge on any atom is -0.462 e. The molecular formula is C38H72O6. The van der Waals surface area contributed by atoms with Crippen LogP contribution >= 0.6 is 0 Å². The van der Waals surface area contributed by atoms with Crippen molar-refractivity contribution in [2.75, 3.05) is 13.2 Å². The summed E-state index contributed by atoms with van der Waals surface area (Å²) in [6, 6.07) is 0. The molecule has 0 aliphatic carbocycles. The quantitative estimate of drug-likeness (QED) is 0.0410. The van der Waals surface area contributed by atoms with Crippen LogP contribution in [0.25, 0.3) is 0 Å². The van der Waals surface area contributed by atoms with Gasteiger partial charge >= 0.3 is 17.9 Å². The minimum atomic E-state index is -0.755. The molecule has 1 unspecified atom stereocenters. The van der Waals surface area contributed by atoms with Gasteiger partial charge in [0.1, 0.15) is 13.2 Å². The summed E-state index contributed by atoms with van der Waals surface area (Å²) in [4.78, 5) is 37.0. The molecule has 260 valence electrons. The Morgan fingerprint density at radius 2 is 0.795 bits per heavy atom. The molecule has 0 N–H and O–H groups in total. The van der Waals surface area contributed by atoms with Gasteiger partial charge in [0.25, 0.3) is 0 Å². The number of unbranched alkanes of at least 4 members (excludes halogenated alkanes) is 19. The van der Waals surface area contributed by atoms with Crippen molar-refractivity contribution >= 4 is 17.9 Å². The summed E-state index contributed by atoms with van der Waals surface area (Å²) in [5, 5.41) is 0. The van der Waals surface area contributed by atoms with Crippen molar-refractivity contribution in [3.8, 4) is 0 Å². The van der Waals surface area contributed by atoms with Crippen molar-refractivity contribution < 1.29 is 28.6 Å². The van der Waals surface area contributed by atoms with E-state index in [4.69, 9.17) is 14.2 Å². The van der Waals surface area contributed by atoms with Crippen LogP contribution in [-0.2, 0) is 28.6 Å². The summed E-state index contributed by atoms with van der Waals surface area (Å²) in [5.41, 5.74) is 0. The second-order valence-electron chi connectivity index (χ2n) is 13.1. The largest absolute Gasteiger partial charge is 0.462 e. The Kier molecular flexibility index (Phi) is 31.6. The van der Waals surface area contributed by atoms with Crippen LogP contribution in [0, 0.1) is 5.92 Å². The Balaban J connectivity index is 4.21. The van der Waals surface area contributed by atoms with Crippen LogP contribution in [-0.4, -0.2) is 37.2 Å². The SMILES string of the molecule is CCCCCCCCCC(=O)O[C@H](COC(=O)CCCCCCC)COC(=O)CCCCCCCCCCCCC(C)CC. The number of hydrogen-bond acceptors (Lipinski definition) is 6. The summed E-state index contributed by atoms with van der Waals surface area (Å²) in [6.45, 7) is 8.86. The lowest BCUT2D eigenvalue weighted by atomic mass is 9.99. The van der Waals surface area contributed by atoms with E-state index in [9.17, 15) is 14.4 Å². The monoisotopic (exact) mass is 625 g/mol. The van der Waals surface area contributed by atoms with Gasteiger partial charge in [0.05, 0.1) is 0 Å². The van der Waals surface area contributed by atoms with Crippen molar-refractivity contribution in [1.82, 2.24) is 0 Å². The zero-order chi connectivity index (χ0) is 32.5. The molecule has 0 aliphatic rings. The zero-order valence-corrected chi connectivity index (χ0v) is 29.6. The molecule has 0 fully saturated rings. The fraction of sp³-hybridized carbons (Fsp3) is 0.921. The number of hydrogen-bond donors (Lipinski definition) is 0. The molecule has 0 rings (SSSR count).